The third-order valence-electron chi connectivity index (χ3n) is 3.85. The summed E-state index contributed by atoms with van der Waals surface area (Å²) in [6.45, 7) is 1.96. The summed E-state index contributed by atoms with van der Waals surface area (Å²) in [5.41, 5.74) is 1.07. The summed E-state index contributed by atoms with van der Waals surface area (Å²) in [6, 6.07) is 9.84. The Morgan fingerprint density at radius 1 is 1.25 bits per heavy atom. The molecule has 0 aliphatic heterocycles. The van der Waals surface area contributed by atoms with Crippen molar-refractivity contribution in [3.63, 3.8) is 0 Å². The lowest BCUT2D eigenvalue weighted by molar-refractivity contribution is 0.427. The molecule has 2 rings (SSSR count). The van der Waals surface area contributed by atoms with E-state index in [-0.39, 0.29) is 22.5 Å². The zero-order valence-electron chi connectivity index (χ0n) is 11.8. The molecule has 1 aliphatic carbocycles. The van der Waals surface area contributed by atoms with Crippen LogP contribution >= 0.6 is 15.9 Å². The van der Waals surface area contributed by atoms with Crippen molar-refractivity contribution in [1.29, 1.82) is 0 Å². The molecule has 1 N–H and O–H groups in total. The van der Waals surface area contributed by atoms with Gasteiger partial charge < -0.3 is 0 Å². The van der Waals surface area contributed by atoms with Crippen molar-refractivity contribution in [2.45, 2.75) is 49.4 Å². The Balaban J connectivity index is 1.97. The molecule has 0 heterocycles. The minimum Gasteiger partial charge on any atom is -0.212 e. The molecular formula is C15H22BrNO2S. The number of halogens is 1. The van der Waals surface area contributed by atoms with E-state index in [0.717, 1.165) is 24.8 Å². The molecule has 1 aromatic rings. The van der Waals surface area contributed by atoms with Crippen LogP contribution in [0.5, 0.6) is 0 Å². The van der Waals surface area contributed by atoms with E-state index in [1.165, 1.54) is 6.42 Å². The highest BCUT2D eigenvalue weighted by Crippen LogP contribution is 2.25. The van der Waals surface area contributed by atoms with Crippen LogP contribution in [0, 0.1) is 0 Å². The third-order valence-corrected chi connectivity index (χ3v) is 6.55. The van der Waals surface area contributed by atoms with Gasteiger partial charge in [0.1, 0.15) is 0 Å². The maximum Gasteiger partial charge on any atom is 0.212 e. The molecule has 20 heavy (non-hydrogen) atoms. The zero-order chi connectivity index (χ0) is 14.6. The van der Waals surface area contributed by atoms with Crippen LogP contribution in [0.4, 0.5) is 0 Å². The number of benzene rings is 1. The lowest BCUT2D eigenvalue weighted by atomic mass is 9.96. The molecule has 3 unspecified atom stereocenters. The Labute approximate surface area is 130 Å². The summed E-state index contributed by atoms with van der Waals surface area (Å²) in [6.07, 6.45) is 4.24. The first-order valence-corrected chi connectivity index (χ1v) is 9.74. The maximum absolute atomic E-state index is 12.3. The molecule has 112 valence electrons. The van der Waals surface area contributed by atoms with Crippen molar-refractivity contribution in [3.8, 4) is 0 Å². The van der Waals surface area contributed by atoms with Crippen LogP contribution in [0.15, 0.2) is 30.3 Å². The molecule has 0 amide bonds. The summed E-state index contributed by atoms with van der Waals surface area (Å²) < 4.78 is 27.5. The number of sulfonamides is 1. The van der Waals surface area contributed by atoms with Crippen LogP contribution in [0.3, 0.4) is 0 Å². The molecule has 5 heteroatoms. The Morgan fingerprint density at radius 3 is 2.55 bits per heavy atom. The molecule has 3 atom stereocenters. The van der Waals surface area contributed by atoms with Gasteiger partial charge in [0.05, 0.1) is 5.75 Å². The van der Waals surface area contributed by atoms with Crippen molar-refractivity contribution < 1.29 is 8.42 Å². The van der Waals surface area contributed by atoms with E-state index in [9.17, 15) is 8.42 Å². The molecule has 0 saturated heterocycles. The van der Waals surface area contributed by atoms with E-state index in [0.29, 0.717) is 0 Å². The first kappa shape index (κ1) is 16.0. The number of alkyl halides is 1. The van der Waals surface area contributed by atoms with Gasteiger partial charge in [-0.2, -0.15) is 0 Å². The molecule has 1 fully saturated rings. The summed E-state index contributed by atoms with van der Waals surface area (Å²) in [7, 11) is -3.24. The Hall–Kier alpha value is -0.390. The highest BCUT2D eigenvalue weighted by atomic mass is 79.9. The average molecular weight is 360 g/mol. The average Bonchev–Trinajstić information content (AvgIpc) is 2.41. The predicted molar refractivity (Wildman–Crippen MR) is 86.8 cm³/mol. The van der Waals surface area contributed by atoms with E-state index < -0.39 is 10.0 Å². The minimum absolute atomic E-state index is 0.00562. The molecule has 0 spiro atoms. The Bertz CT molecular complexity index is 518. The van der Waals surface area contributed by atoms with Gasteiger partial charge in [0.2, 0.25) is 10.0 Å². The smallest absolute Gasteiger partial charge is 0.212 e. The van der Waals surface area contributed by atoms with Gasteiger partial charge in [0.25, 0.3) is 0 Å². The minimum atomic E-state index is -3.24. The quantitative estimate of drug-likeness (QED) is 0.818. The number of rotatable bonds is 5. The van der Waals surface area contributed by atoms with E-state index >= 15 is 0 Å². The monoisotopic (exact) mass is 359 g/mol. The van der Waals surface area contributed by atoms with Crippen molar-refractivity contribution in [2.24, 2.45) is 0 Å². The standard InChI is InChI=1S/C15H22BrNO2S/c1-12(13-7-3-2-4-8-13)11-20(18,19)17-15-10-6-5-9-14(15)16/h2-4,7-8,12,14-15,17H,5-6,9-11H2,1H3. The van der Waals surface area contributed by atoms with Crippen LogP contribution in [0.25, 0.3) is 0 Å². The van der Waals surface area contributed by atoms with Gasteiger partial charge in [0.15, 0.2) is 0 Å². The van der Waals surface area contributed by atoms with Crippen LogP contribution in [-0.4, -0.2) is 25.0 Å². The van der Waals surface area contributed by atoms with E-state index in [1.54, 1.807) is 0 Å². The first-order chi connectivity index (χ1) is 9.48. The SMILES string of the molecule is CC(CS(=O)(=O)NC1CCCCC1Br)c1ccccc1. The molecule has 1 aliphatic rings. The van der Waals surface area contributed by atoms with Crippen LogP contribution < -0.4 is 4.72 Å². The molecule has 1 aromatic carbocycles. The van der Waals surface area contributed by atoms with Crippen LogP contribution in [0.2, 0.25) is 0 Å². The van der Waals surface area contributed by atoms with Gasteiger partial charge >= 0.3 is 0 Å². The zero-order valence-corrected chi connectivity index (χ0v) is 14.2. The van der Waals surface area contributed by atoms with E-state index in [4.69, 9.17) is 0 Å². The fraction of sp³-hybridized carbons (Fsp3) is 0.600. The molecule has 0 radical (unpaired) electrons. The second-order valence-electron chi connectivity index (χ2n) is 5.62. The summed E-state index contributed by atoms with van der Waals surface area (Å²) in [5.74, 6) is 0.152. The number of nitrogens with one attached hydrogen (secondary N) is 1. The highest BCUT2D eigenvalue weighted by Gasteiger charge is 2.27. The lowest BCUT2D eigenvalue weighted by Gasteiger charge is -2.28. The predicted octanol–water partition coefficient (Wildman–Crippen LogP) is 3.42. The van der Waals surface area contributed by atoms with Gasteiger partial charge in [-0.1, -0.05) is 66.0 Å². The first-order valence-electron chi connectivity index (χ1n) is 7.17. The van der Waals surface area contributed by atoms with Gasteiger partial charge in [-0.3, -0.25) is 0 Å². The molecular weight excluding hydrogens is 338 g/mol. The molecule has 1 saturated carbocycles. The Morgan fingerprint density at radius 2 is 1.90 bits per heavy atom. The Kier molecular flexibility index (Phi) is 5.64. The highest BCUT2D eigenvalue weighted by molar-refractivity contribution is 9.09. The fourth-order valence-electron chi connectivity index (χ4n) is 2.70. The number of hydrogen-bond acceptors (Lipinski definition) is 2. The molecule has 0 aromatic heterocycles. The van der Waals surface area contributed by atoms with Crippen molar-refractivity contribution in [3.05, 3.63) is 35.9 Å². The van der Waals surface area contributed by atoms with Crippen LogP contribution in [0.1, 0.15) is 44.1 Å². The largest absolute Gasteiger partial charge is 0.212 e. The van der Waals surface area contributed by atoms with Crippen molar-refractivity contribution in [2.75, 3.05) is 5.75 Å². The van der Waals surface area contributed by atoms with E-state index in [2.05, 4.69) is 20.7 Å². The molecule has 3 nitrogen and oxygen atoms in total. The maximum atomic E-state index is 12.3. The van der Waals surface area contributed by atoms with Crippen molar-refractivity contribution in [1.82, 2.24) is 4.72 Å². The summed E-state index contributed by atoms with van der Waals surface area (Å²) >= 11 is 3.59. The van der Waals surface area contributed by atoms with Crippen molar-refractivity contribution >= 4 is 26.0 Å². The van der Waals surface area contributed by atoms with Gasteiger partial charge in [-0.25, -0.2) is 13.1 Å². The topological polar surface area (TPSA) is 46.2 Å². The van der Waals surface area contributed by atoms with E-state index in [1.807, 2.05) is 37.3 Å². The molecule has 0 bridgehead atoms. The summed E-state index contributed by atoms with van der Waals surface area (Å²) in [5, 5.41) is 0. The normalized spacial score (nSPS) is 25.3. The summed E-state index contributed by atoms with van der Waals surface area (Å²) in [4.78, 5) is 0.262. The second-order valence-corrected chi connectivity index (χ2v) is 8.59. The third kappa shape index (κ3) is 4.57. The van der Waals surface area contributed by atoms with Crippen LogP contribution in [-0.2, 0) is 10.0 Å². The van der Waals surface area contributed by atoms with Gasteiger partial charge in [-0.15, -0.1) is 0 Å². The van der Waals surface area contributed by atoms with Gasteiger partial charge in [-0.05, 0) is 24.3 Å². The number of hydrogen-bond donors (Lipinski definition) is 1. The lowest BCUT2D eigenvalue weighted by Crippen LogP contribution is -2.44. The fourth-order valence-corrected chi connectivity index (χ4v) is 5.29. The van der Waals surface area contributed by atoms with Gasteiger partial charge in [0, 0.05) is 10.9 Å². The second kappa shape index (κ2) is 7.05.